The van der Waals surface area contributed by atoms with Crippen molar-refractivity contribution >= 4 is 124 Å². The van der Waals surface area contributed by atoms with Crippen LogP contribution in [0.5, 0.6) is 0 Å². The molecule has 0 fully saturated rings. The summed E-state index contributed by atoms with van der Waals surface area (Å²) in [6.07, 6.45) is 41.4. The van der Waals surface area contributed by atoms with Crippen molar-refractivity contribution in [2.45, 2.75) is 314 Å². The Kier molecular flexibility index (Phi) is 35.9. The maximum atomic E-state index is 15.0. The molecule has 544 valence electrons. The quantitative estimate of drug-likeness (QED) is 0.0413. The number of halogens is 2. The van der Waals surface area contributed by atoms with E-state index < -0.39 is 0 Å². The number of hydrogen-bond acceptors (Lipinski definition) is 8. The highest BCUT2D eigenvalue weighted by molar-refractivity contribution is 9.11. The summed E-state index contributed by atoms with van der Waals surface area (Å²) >= 11 is 14.7. The van der Waals surface area contributed by atoms with Gasteiger partial charge in [-0.3, -0.25) is 19.2 Å². The third-order valence-electron chi connectivity index (χ3n) is 21.3. The van der Waals surface area contributed by atoms with Crippen LogP contribution in [0.3, 0.4) is 0 Å². The van der Waals surface area contributed by atoms with Crippen LogP contribution in [0.1, 0.15) is 330 Å². The standard InChI is InChI=1S/C42H62Br2N2O2S2.C42H64N2O2S2/c1-7-13-17-19-23-31-25-33(49-39(31)43)37-35-36(42(48)45(37)27-29(11-5)21-15-9-3)38(46(41(35)47)28-30(12-6)22-16-10-4)34-26-32(40(44)50-34)24-20-18-14-8-2;1-7-13-17-19-23-33-25-35(47-29-33)39-37-38(42(46)43(39)27-31(11-5)21-15-9-3)40(36-26-34(30-48-36)24-20-18-14-8-2)44(41(37)45)28-32(12-6)22-16-10-4/h25-26,29-30H,7-24,27-28H2,1-6H3;25-26,29-32H,7-24,27-28H2,1-6H3. The monoisotopic (exact) mass is 1540 g/mol. The Labute approximate surface area is 628 Å². The van der Waals surface area contributed by atoms with Gasteiger partial charge in [0.15, 0.2) is 0 Å². The zero-order valence-corrected chi connectivity index (χ0v) is 69.3. The number of nitrogens with zero attached hydrogens (tertiary/aromatic N) is 4. The Balaban J connectivity index is 0.000000276. The predicted octanol–water partition coefficient (Wildman–Crippen LogP) is 26.1. The van der Waals surface area contributed by atoms with Crippen molar-refractivity contribution in [2.24, 2.45) is 23.7 Å². The smallest absolute Gasteiger partial charge is 0.261 e. The highest BCUT2D eigenvalue weighted by atomic mass is 79.9. The molecule has 14 heteroatoms. The number of carbonyl (C=O) groups excluding carboxylic acids is 4. The van der Waals surface area contributed by atoms with Crippen molar-refractivity contribution < 1.29 is 19.2 Å². The summed E-state index contributed by atoms with van der Waals surface area (Å²) in [5.74, 6) is 1.73. The third-order valence-corrected chi connectivity index (χ3v) is 27.2. The molecule has 0 spiro atoms. The summed E-state index contributed by atoms with van der Waals surface area (Å²) in [5, 5.41) is 4.54. The second-order valence-electron chi connectivity index (χ2n) is 28.9. The lowest BCUT2D eigenvalue weighted by Crippen LogP contribution is -2.34. The number of aryl methyl sites for hydroxylation is 4. The van der Waals surface area contributed by atoms with Crippen LogP contribution in [0.4, 0.5) is 0 Å². The molecule has 0 aliphatic carbocycles. The lowest BCUT2D eigenvalue weighted by Gasteiger charge is -2.29. The van der Waals surface area contributed by atoms with Gasteiger partial charge >= 0.3 is 0 Å². The topological polar surface area (TPSA) is 81.2 Å². The third kappa shape index (κ3) is 21.4. The van der Waals surface area contributed by atoms with Gasteiger partial charge in [-0.15, -0.1) is 45.3 Å². The molecule has 4 aromatic rings. The lowest BCUT2D eigenvalue weighted by molar-refractivity contribution is -0.124. The molecule has 98 heavy (non-hydrogen) atoms. The summed E-state index contributed by atoms with van der Waals surface area (Å²) in [6.45, 7) is 29.6. The molecular formula is C84H126Br2N4O4S4. The highest BCUT2D eigenvalue weighted by Gasteiger charge is 2.52. The number of unbranched alkanes of at least 4 members (excludes halogenated alkanes) is 16. The Hall–Kier alpha value is -3.40. The fourth-order valence-corrected chi connectivity index (χ4v) is 20.5. The van der Waals surface area contributed by atoms with Gasteiger partial charge in [0.1, 0.15) is 0 Å². The normalized spacial score (nSPS) is 16.1. The van der Waals surface area contributed by atoms with E-state index in [-0.39, 0.29) is 23.6 Å². The Bertz CT molecular complexity index is 3090. The predicted molar refractivity (Wildman–Crippen MR) is 432 cm³/mol. The molecule has 0 saturated carbocycles. The minimum absolute atomic E-state index is 0.0143. The van der Waals surface area contributed by atoms with Crippen LogP contribution in [0.15, 0.2) is 64.9 Å². The summed E-state index contributed by atoms with van der Waals surface area (Å²) in [6, 6.07) is 9.14. The fourth-order valence-electron chi connectivity index (χ4n) is 14.9. The zero-order chi connectivity index (χ0) is 70.7. The lowest BCUT2D eigenvalue weighted by atomic mass is 9.98. The van der Waals surface area contributed by atoms with Crippen LogP contribution in [0, 0.1) is 23.7 Å². The van der Waals surface area contributed by atoms with Gasteiger partial charge in [-0.1, -0.05) is 237 Å². The maximum Gasteiger partial charge on any atom is 0.261 e. The zero-order valence-electron chi connectivity index (χ0n) is 62.9. The van der Waals surface area contributed by atoms with Crippen LogP contribution in [0.2, 0.25) is 0 Å². The number of hydrogen-bond donors (Lipinski definition) is 0. The van der Waals surface area contributed by atoms with Crippen LogP contribution in [0.25, 0.3) is 22.8 Å². The van der Waals surface area contributed by atoms with Gasteiger partial charge in [0.05, 0.1) is 72.2 Å². The van der Waals surface area contributed by atoms with E-state index in [1.807, 2.05) is 19.6 Å². The van der Waals surface area contributed by atoms with Crippen LogP contribution in [-0.4, -0.2) is 69.4 Å². The van der Waals surface area contributed by atoms with Crippen molar-refractivity contribution in [1.29, 1.82) is 0 Å². The molecule has 8 nitrogen and oxygen atoms in total. The number of fused-ring (bicyclic) bond motifs is 2. The molecule has 8 rings (SSSR count). The first-order valence-corrected chi connectivity index (χ1v) is 44.6. The molecule has 8 heterocycles. The van der Waals surface area contributed by atoms with Crippen molar-refractivity contribution in [1.82, 2.24) is 19.6 Å². The Morgan fingerprint density at radius 3 is 0.827 bits per heavy atom. The molecule has 4 amide bonds. The summed E-state index contributed by atoms with van der Waals surface area (Å²) < 4.78 is 2.26. The average molecular weight is 1540 g/mol. The van der Waals surface area contributed by atoms with E-state index >= 15 is 9.59 Å². The molecule has 4 unspecified atom stereocenters. The van der Waals surface area contributed by atoms with Gasteiger partial charge in [-0.25, -0.2) is 0 Å². The van der Waals surface area contributed by atoms with E-state index in [1.54, 1.807) is 45.3 Å². The largest absolute Gasteiger partial charge is 0.306 e. The Morgan fingerprint density at radius 2 is 0.571 bits per heavy atom. The van der Waals surface area contributed by atoms with E-state index in [2.05, 4.69) is 150 Å². The SMILES string of the molecule is CCCCCCc1cc(C2=C3C(=O)N(CC(CC)CCCC)C(c4cc(CCCCCC)c(Br)s4)=C3C(=O)N2CC(CC)CCCC)sc1Br.CCCCCCc1csc(C2=C3C(=O)N(CC(CC)CCCC)C(c4cc(CCCCCC)cs4)=C3C(=O)N2CC(CC)CCCC)c1. The van der Waals surface area contributed by atoms with E-state index in [4.69, 9.17) is 0 Å². The van der Waals surface area contributed by atoms with E-state index in [9.17, 15) is 9.59 Å². The minimum atomic E-state index is 0.0143. The van der Waals surface area contributed by atoms with E-state index in [1.165, 1.54) is 125 Å². The molecule has 4 aliphatic heterocycles. The average Bonchev–Trinajstić information content (AvgIpc) is 1.56. The van der Waals surface area contributed by atoms with Crippen LogP contribution >= 0.6 is 77.2 Å². The number of amides is 4. The van der Waals surface area contributed by atoms with E-state index in [0.29, 0.717) is 72.1 Å². The molecule has 4 aliphatic rings. The second-order valence-corrected chi connectivity index (χ2v) is 35.5. The van der Waals surface area contributed by atoms with Gasteiger partial charge in [0, 0.05) is 26.2 Å². The molecule has 0 bridgehead atoms. The molecular weight excluding hydrogens is 1420 g/mol. The van der Waals surface area contributed by atoms with Gasteiger partial charge in [-0.05, 0) is 190 Å². The van der Waals surface area contributed by atoms with Crippen molar-refractivity contribution in [3.05, 3.63) is 107 Å². The molecule has 0 aromatic carbocycles. The Morgan fingerprint density at radius 1 is 0.316 bits per heavy atom. The molecule has 0 radical (unpaired) electrons. The van der Waals surface area contributed by atoms with Gasteiger partial charge < -0.3 is 19.6 Å². The van der Waals surface area contributed by atoms with Crippen molar-refractivity contribution in [3.63, 3.8) is 0 Å². The molecule has 0 saturated heterocycles. The first kappa shape index (κ1) is 81.9. The highest BCUT2D eigenvalue weighted by Crippen LogP contribution is 2.53. The van der Waals surface area contributed by atoms with Crippen LogP contribution in [-0.2, 0) is 44.9 Å². The first-order chi connectivity index (χ1) is 47.6. The minimum Gasteiger partial charge on any atom is -0.306 e. The molecule has 4 aromatic heterocycles. The second kappa shape index (κ2) is 43.0. The first-order valence-electron chi connectivity index (χ1n) is 39.6. The summed E-state index contributed by atoms with van der Waals surface area (Å²) in [7, 11) is 0. The maximum absolute atomic E-state index is 15.0. The number of thiophene rings is 4. The number of rotatable bonds is 48. The summed E-state index contributed by atoms with van der Waals surface area (Å²) in [4.78, 5) is 72.1. The number of carbonyl (C=O) groups is 4. The van der Waals surface area contributed by atoms with E-state index in [0.717, 1.165) is 178 Å². The van der Waals surface area contributed by atoms with Gasteiger partial charge in [-0.2, -0.15) is 0 Å². The molecule has 0 N–H and O–H groups in total. The van der Waals surface area contributed by atoms with Gasteiger partial charge in [0.2, 0.25) is 0 Å². The summed E-state index contributed by atoms with van der Waals surface area (Å²) in [5.41, 5.74) is 11.4. The fraction of sp³-hybridized carbons (Fsp3) is 0.667. The van der Waals surface area contributed by atoms with Crippen molar-refractivity contribution in [3.8, 4) is 0 Å². The van der Waals surface area contributed by atoms with Gasteiger partial charge in [0.25, 0.3) is 23.6 Å². The van der Waals surface area contributed by atoms with Crippen molar-refractivity contribution in [2.75, 3.05) is 26.2 Å². The molecule has 4 atom stereocenters. The van der Waals surface area contributed by atoms with Crippen LogP contribution < -0.4 is 0 Å².